The van der Waals surface area contributed by atoms with E-state index in [0.29, 0.717) is 6.42 Å². The third-order valence-corrected chi connectivity index (χ3v) is 9.76. The molecular weight excluding hydrogens is 610 g/mol. The average Bonchev–Trinajstić information content (AvgIpc) is 3.03. The van der Waals surface area contributed by atoms with Gasteiger partial charge >= 0.3 is 0 Å². The number of unbranched alkanes of at least 4 members (excludes halogenated alkanes) is 24. The van der Waals surface area contributed by atoms with Gasteiger partial charge in [0, 0.05) is 0 Å². The molecule has 0 heterocycles. The summed E-state index contributed by atoms with van der Waals surface area (Å²) in [4.78, 5) is 12.6. The van der Waals surface area contributed by atoms with Crippen molar-refractivity contribution in [1.29, 1.82) is 0 Å². The Bertz CT molecular complexity index is 860. The van der Waals surface area contributed by atoms with Crippen molar-refractivity contribution in [3.63, 3.8) is 0 Å². The lowest BCUT2D eigenvalue weighted by atomic mass is 10.0. The molecule has 0 aliphatic rings. The molecule has 0 spiro atoms. The molecule has 0 aromatic heterocycles. The zero-order valence-corrected chi connectivity index (χ0v) is 31.3. The molecule has 47 heavy (non-hydrogen) atoms. The van der Waals surface area contributed by atoms with Crippen LogP contribution in [0, 0.1) is 0 Å². The van der Waals surface area contributed by atoms with Crippen LogP contribution in [0.15, 0.2) is 24.3 Å². The van der Waals surface area contributed by atoms with E-state index in [1.807, 2.05) is 0 Å². The molecule has 0 rings (SSSR count). The molecular formula is C39H75NO6S. The number of hydrogen-bond donors (Lipinski definition) is 4. The van der Waals surface area contributed by atoms with Crippen molar-refractivity contribution >= 4 is 16.0 Å². The average molecular weight is 686 g/mol. The number of aliphatic hydroxyl groups is 2. The third kappa shape index (κ3) is 33.1. The summed E-state index contributed by atoms with van der Waals surface area (Å²) in [5, 5.41) is 23.3. The smallest absolute Gasteiger partial charge is 0.267 e. The molecule has 0 saturated carbocycles. The minimum Gasteiger partial charge on any atom is -0.387 e. The highest BCUT2D eigenvalue weighted by molar-refractivity contribution is 7.85. The van der Waals surface area contributed by atoms with E-state index >= 15 is 0 Å². The fraction of sp³-hybridized carbons (Fsp3) is 0.872. The van der Waals surface area contributed by atoms with Gasteiger partial charge in [0.05, 0.1) is 17.9 Å². The van der Waals surface area contributed by atoms with Gasteiger partial charge in [-0.1, -0.05) is 173 Å². The number of nitrogens with one attached hydrogen (secondary N) is 1. The second-order valence-corrected chi connectivity index (χ2v) is 15.2. The Morgan fingerprint density at radius 1 is 0.574 bits per heavy atom. The van der Waals surface area contributed by atoms with E-state index in [4.69, 9.17) is 0 Å². The Morgan fingerprint density at radius 2 is 0.936 bits per heavy atom. The molecule has 0 aromatic carbocycles. The molecule has 0 fully saturated rings. The monoisotopic (exact) mass is 686 g/mol. The standard InChI is InChI=1S/C39H75NO6S/c1-3-5-7-9-11-13-15-17-19-21-23-25-27-29-31-33-37(41)36(35-47(44,45)46)40-39(43)38(42)34-32-30-28-26-24-22-20-18-16-14-12-10-8-6-4-2/h20,22,31,33,36-38,41-42H,3-19,21,23-30,32,34-35H2,1-2H3,(H,40,43)(H,44,45,46)/b22-20-,33-31+. The largest absolute Gasteiger partial charge is 0.387 e. The fourth-order valence-corrected chi connectivity index (χ4v) is 6.66. The van der Waals surface area contributed by atoms with Gasteiger partial charge in [0.25, 0.3) is 10.1 Å². The Labute approximate surface area is 290 Å². The minimum atomic E-state index is -4.44. The van der Waals surface area contributed by atoms with E-state index in [-0.39, 0.29) is 6.42 Å². The van der Waals surface area contributed by atoms with Crippen molar-refractivity contribution in [2.75, 3.05) is 5.75 Å². The predicted molar refractivity (Wildman–Crippen MR) is 199 cm³/mol. The normalized spacial score (nSPS) is 14.2. The van der Waals surface area contributed by atoms with Crippen LogP contribution < -0.4 is 5.32 Å². The maximum atomic E-state index is 12.6. The number of carbonyl (C=O) groups excluding carboxylic acids is 1. The van der Waals surface area contributed by atoms with Crippen molar-refractivity contribution in [3.8, 4) is 0 Å². The van der Waals surface area contributed by atoms with Crippen LogP contribution in [0.2, 0.25) is 0 Å². The summed E-state index contributed by atoms with van der Waals surface area (Å²) in [6, 6.07) is -1.23. The zero-order chi connectivity index (χ0) is 34.9. The van der Waals surface area contributed by atoms with Crippen LogP contribution in [0.4, 0.5) is 0 Å². The van der Waals surface area contributed by atoms with Gasteiger partial charge in [0.15, 0.2) is 0 Å². The van der Waals surface area contributed by atoms with E-state index in [0.717, 1.165) is 51.4 Å². The lowest BCUT2D eigenvalue weighted by Crippen LogP contribution is -2.50. The van der Waals surface area contributed by atoms with Crippen molar-refractivity contribution in [2.24, 2.45) is 0 Å². The first-order chi connectivity index (χ1) is 22.7. The number of allylic oxidation sites excluding steroid dienone is 3. The number of rotatable bonds is 35. The second-order valence-electron chi connectivity index (χ2n) is 13.7. The highest BCUT2D eigenvalue weighted by Gasteiger charge is 2.27. The topological polar surface area (TPSA) is 124 Å². The van der Waals surface area contributed by atoms with E-state index in [9.17, 15) is 28.0 Å². The summed E-state index contributed by atoms with van der Waals surface area (Å²) in [6.07, 6.45) is 38.0. The summed E-state index contributed by atoms with van der Waals surface area (Å²) >= 11 is 0. The Hall–Kier alpha value is -1.22. The van der Waals surface area contributed by atoms with Gasteiger partial charge in [-0.3, -0.25) is 9.35 Å². The Kier molecular flexibility index (Phi) is 32.4. The first-order valence-corrected chi connectivity index (χ1v) is 21.3. The second kappa shape index (κ2) is 33.3. The number of amides is 1. The molecule has 278 valence electrons. The molecule has 7 nitrogen and oxygen atoms in total. The quantitative estimate of drug-likeness (QED) is 0.0299. The molecule has 0 radical (unpaired) electrons. The van der Waals surface area contributed by atoms with Crippen molar-refractivity contribution in [3.05, 3.63) is 24.3 Å². The highest BCUT2D eigenvalue weighted by Crippen LogP contribution is 2.14. The van der Waals surface area contributed by atoms with Crippen LogP contribution in [0.25, 0.3) is 0 Å². The van der Waals surface area contributed by atoms with Gasteiger partial charge in [-0.25, -0.2) is 0 Å². The van der Waals surface area contributed by atoms with Gasteiger partial charge in [-0.2, -0.15) is 8.42 Å². The van der Waals surface area contributed by atoms with E-state index < -0.39 is 40.0 Å². The van der Waals surface area contributed by atoms with Gasteiger partial charge < -0.3 is 15.5 Å². The van der Waals surface area contributed by atoms with E-state index in [1.165, 1.54) is 122 Å². The number of aliphatic hydroxyl groups excluding tert-OH is 2. The summed E-state index contributed by atoms with van der Waals surface area (Å²) in [5.41, 5.74) is 0. The van der Waals surface area contributed by atoms with Crippen LogP contribution in [0.3, 0.4) is 0 Å². The highest BCUT2D eigenvalue weighted by atomic mass is 32.2. The van der Waals surface area contributed by atoms with Crippen LogP contribution in [-0.2, 0) is 14.9 Å². The SMILES string of the molecule is CCCCCCCCC/C=C\CCCCCCC(O)C(=O)NC(CS(=O)(=O)O)C(O)/C=C/CCCCCCCCCCCCCCC. The van der Waals surface area contributed by atoms with Gasteiger partial charge in [-0.05, 0) is 44.9 Å². The van der Waals surface area contributed by atoms with Gasteiger partial charge in [-0.15, -0.1) is 0 Å². The summed E-state index contributed by atoms with van der Waals surface area (Å²) in [7, 11) is -4.44. The first-order valence-electron chi connectivity index (χ1n) is 19.6. The summed E-state index contributed by atoms with van der Waals surface area (Å²) in [6.45, 7) is 4.49. The molecule has 0 aromatic rings. The molecule has 8 heteroatoms. The van der Waals surface area contributed by atoms with Gasteiger partial charge in [0.2, 0.25) is 5.91 Å². The molecule has 0 aliphatic heterocycles. The molecule has 0 bridgehead atoms. The van der Waals surface area contributed by atoms with Crippen LogP contribution >= 0.6 is 0 Å². The van der Waals surface area contributed by atoms with Gasteiger partial charge in [0.1, 0.15) is 6.10 Å². The number of hydrogen-bond acceptors (Lipinski definition) is 5. The molecule has 3 atom stereocenters. The molecule has 0 saturated heterocycles. The van der Waals surface area contributed by atoms with Crippen molar-refractivity contribution in [1.82, 2.24) is 5.32 Å². The maximum Gasteiger partial charge on any atom is 0.267 e. The van der Waals surface area contributed by atoms with E-state index in [1.54, 1.807) is 6.08 Å². The summed E-state index contributed by atoms with van der Waals surface area (Å²) < 4.78 is 32.4. The zero-order valence-electron chi connectivity index (χ0n) is 30.5. The minimum absolute atomic E-state index is 0.267. The van der Waals surface area contributed by atoms with Crippen molar-refractivity contribution < 1.29 is 28.0 Å². The first kappa shape index (κ1) is 45.8. The summed E-state index contributed by atoms with van der Waals surface area (Å²) in [5.74, 6) is -1.54. The predicted octanol–water partition coefficient (Wildman–Crippen LogP) is 10.2. The lowest BCUT2D eigenvalue weighted by Gasteiger charge is -2.22. The molecule has 1 amide bonds. The van der Waals surface area contributed by atoms with Crippen LogP contribution in [0.5, 0.6) is 0 Å². The third-order valence-electron chi connectivity index (χ3n) is 8.98. The van der Waals surface area contributed by atoms with Crippen LogP contribution in [-0.4, -0.2) is 53.1 Å². The van der Waals surface area contributed by atoms with Crippen molar-refractivity contribution in [2.45, 2.75) is 212 Å². The Balaban J connectivity index is 4.10. The molecule has 4 N–H and O–H groups in total. The van der Waals surface area contributed by atoms with Crippen LogP contribution in [0.1, 0.15) is 194 Å². The lowest BCUT2D eigenvalue weighted by molar-refractivity contribution is -0.130. The Morgan fingerprint density at radius 3 is 1.34 bits per heavy atom. The molecule has 3 unspecified atom stereocenters. The van der Waals surface area contributed by atoms with E-state index in [2.05, 4.69) is 31.3 Å². The number of carbonyl (C=O) groups is 1. The molecule has 0 aliphatic carbocycles. The fourth-order valence-electron chi connectivity index (χ4n) is 5.92. The maximum absolute atomic E-state index is 12.6.